The lowest BCUT2D eigenvalue weighted by atomic mass is 10.2. The third-order valence-electron chi connectivity index (χ3n) is 1.96. The number of rotatable bonds is 7. The number of hydrogen-bond acceptors (Lipinski definition) is 6. The summed E-state index contributed by atoms with van der Waals surface area (Å²) in [7, 11) is 1.70. The highest BCUT2D eigenvalue weighted by Gasteiger charge is 2.02. The minimum Gasteiger partial charge on any atom is -0.370 e. The zero-order valence-electron chi connectivity index (χ0n) is 9.53. The van der Waals surface area contributed by atoms with Crippen molar-refractivity contribution in [2.75, 3.05) is 24.2 Å². The average molecular weight is 259 g/mol. The van der Waals surface area contributed by atoms with E-state index in [1.54, 1.807) is 7.05 Å². The van der Waals surface area contributed by atoms with Gasteiger partial charge < -0.3 is 16.4 Å². The summed E-state index contributed by atoms with van der Waals surface area (Å²) in [6.07, 6.45) is 1.93. The molecule has 0 spiro atoms. The number of primary amides is 1. The second-order valence-corrected chi connectivity index (χ2v) is 3.69. The monoisotopic (exact) mass is 258 g/mol. The van der Waals surface area contributed by atoms with Crippen LogP contribution in [0.5, 0.6) is 0 Å². The second-order valence-electron chi connectivity index (χ2n) is 3.35. The number of carbonyl (C=O) groups is 1. The van der Waals surface area contributed by atoms with Crippen molar-refractivity contribution in [2.45, 2.75) is 19.3 Å². The van der Waals surface area contributed by atoms with Crippen LogP contribution in [0.25, 0.3) is 0 Å². The van der Waals surface area contributed by atoms with Crippen molar-refractivity contribution in [1.29, 1.82) is 0 Å². The van der Waals surface area contributed by atoms with Crippen molar-refractivity contribution in [3.8, 4) is 0 Å². The van der Waals surface area contributed by atoms with Crippen LogP contribution in [-0.2, 0) is 4.79 Å². The van der Waals surface area contributed by atoms with Crippen LogP contribution in [0.1, 0.15) is 19.3 Å². The topological polar surface area (TPSA) is 106 Å². The maximum atomic E-state index is 10.5. The fourth-order valence-corrected chi connectivity index (χ4v) is 1.33. The lowest BCUT2D eigenvalue weighted by Crippen LogP contribution is -2.12. The van der Waals surface area contributed by atoms with Gasteiger partial charge in [0.25, 0.3) is 0 Å². The molecule has 1 amide bonds. The highest BCUT2D eigenvalue weighted by Crippen LogP contribution is 2.08. The molecule has 1 heterocycles. The van der Waals surface area contributed by atoms with E-state index in [4.69, 9.17) is 17.3 Å². The summed E-state index contributed by atoms with van der Waals surface area (Å²) >= 11 is 5.71. The van der Waals surface area contributed by atoms with E-state index in [9.17, 15) is 4.79 Å². The van der Waals surface area contributed by atoms with E-state index in [2.05, 4.69) is 25.6 Å². The SMILES string of the molecule is CNc1nc(Cl)nc(NCCCCC(N)=O)n1. The average Bonchev–Trinajstić information content (AvgIpc) is 2.27. The van der Waals surface area contributed by atoms with Gasteiger partial charge in [-0.05, 0) is 24.4 Å². The minimum atomic E-state index is -0.286. The van der Waals surface area contributed by atoms with Gasteiger partial charge in [-0.1, -0.05) is 0 Å². The molecule has 4 N–H and O–H groups in total. The summed E-state index contributed by atoms with van der Waals surface area (Å²) in [5, 5.41) is 5.90. The first kappa shape index (κ1) is 13.4. The minimum absolute atomic E-state index is 0.129. The molecule has 0 saturated heterocycles. The lowest BCUT2D eigenvalue weighted by molar-refractivity contribution is -0.118. The lowest BCUT2D eigenvalue weighted by Gasteiger charge is -2.05. The smallest absolute Gasteiger partial charge is 0.228 e. The Labute approximate surface area is 104 Å². The Kier molecular flexibility index (Phi) is 5.41. The first-order valence-corrected chi connectivity index (χ1v) is 5.61. The number of unbranched alkanes of at least 4 members (excludes halogenated alkanes) is 1. The van der Waals surface area contributed by atoms with Gasteiger partial charge in [0.2, 0.25) is 23.1 Å². The van der Waals surface area contributed by atoms with E-state index >= 15 is 0 Å². The van der Waals surface area contributed by atoms with Gasteiger partial charge in [-0.2, -0.15) is 15.0 Å². The van der Waals surface area contributed by atoms with Gasteiger partial charge in [0.15, 0.2) is 0 Å². The molecule has 1 rings (SSSR count). The first-order valence-electron chi connectivity index (χ1n) is 5.23. The second kappa shape index (κ2) is 6.85. The van der Waals surface area contributed by atoms with Crippen molar-refractivity contribution in [3.63, 3.8) is 0 Å². The Hall–Kier alpha value is -1.63. The van der Waals surface area contributed by atoms with E-state index in [0.29, 0.717) is 24.9 Å². The molecule has 0 radical (unpaired) electrons. The van der Waals surface area contributed by atoms with E-state index < -0.39 is 0 Å². The van der Waals surface area contributed by atoms with Gasteiger partial charge in [0.05, 0.1) is 0 Å². The molecule has 0 aliphatic carbocycles. The summed E-state index contributed by atoms with van der Waals surface area (Å²) < 4.78 is 0. The number of nitrogens with one attached hydrogen (secondary N) is 2. The number of nitrogens with zero attached hydrogens (tertiary/aromatic N) is 3. The van der Waals surface area contributed by atoms with Crippen LogP contribution in [0.3, 0.4) is 0 Å². The molecule has 0 unspecified atom stereocenters. The number of halogens is 1. The van der Waals surface area contributed by atoms with Crippen LogP contribution in [0, 0.1) is 0 Å². The maximum absolute atomic E-state index is 10.5. The Balaban J connectivity index is 2.36. The van der Waals surface area contributed by atoms with E-state index in [1.807, 2.05) is 0 Å². The van der Waals surface area contributed by atoms with Crippen LogP contribution in [0.4, 0.5) is 11.9 Å². The molecule has 0 saturated carbocycles. The molecule has 0 aliphatic heterocycles. The Morgan fingerprint density at radius 3 is 2.65 bits per heavy atom. The largest absolute Gasteiger partial charge is 0.370 e. The number of hydrogen-bond donors (Lipinski definition) is 3. The molecule has 8 heteroatoms. The molecule has 0 bridgehead atoms. The van der Waals surface area contributed by atoms with Gasteiger partial charge in [-0.3, -0.25) is 4.79 Å². The highest BCUT2D eigenvalue weighted by atomic mass is 35.5. The van der Waals surface area contributed by atoms with Crippen LogP contribution < -0.4 is 16.4 Å². The molecule has 0 atom stereocenters. The van der Waals surface area contributed by atoms with Crippen molar-refractivity contribution in [1.82, 2.24) is 15.0 Å². The predicted octanol–water partition coefficient (Wildman–Crippen LogP) is 0.634. The number of nitrogens with two attached hydrogens (primary N) is 1. The van der Waals surface area contributed by atoms with Crippen LogP contribution in [0.15, 0.2) is 0 Å². The summed E-state index contributed by atoms with van der Waals surface area (Å²) in [6, 6.07) is 0. The molecule has 1 aromatic rings. The predicted molar refractivity (Wildman–Crippen MR) is 65.9 cm³/mol. The zero-order chi connectivity index (χ0) is 12.7. The molecule has 1 aromatic heterocycles. The van der Waals surface area contributed by atoms with Crippen molar-refractivity contribution >= 4 is 29.4 Å². The third-order valence-corrected chi connectivity index (χ3v) is 2.13. The Bertz CT molecular complexity index is 386. The molecule has 0 fully saturated rings. The standard InChI is InChI=1S/C9H15ClN6O/c1-12-8-14-7(10)15-9(16-8)13-5-3-2-4-6(11)17/h2-5H2,1H3,(H2,11,17)(H2,12,13,14,15,16). The molecular formula is C9H15ClN6O. The normalized spacial score (nSPS) is 10.0. The summed E-state index contributed by atoms with van der Waals surface area (Å²) in [4.78, 5) is 22.3. The number of aromatic nitrogens is 3. The van der Waals surface area contributed by atoms with Gasteiger partial charge in [0.1, 0.15) is 0 Å². The summed E-state index contributed by atoms with van der Waals surface area (Å²) in [5.41, 5.74) is 5.03. The number of carbonyl (C=O) groups excluding carboxylic acids is 1. The van der Waals surface area contributed by atoms with Gasteiger partial charge >= 0.3 is 0 Å². The fourth-order valence-electron chi connectivity index (χ4n) is 1.17. The number of amides is 1. The quantitative estimate of drug-likeness (QED) is 0.620. The van der Waals surface area contributed by atoms with E-state index in [0.717, 1.165) is 12.8 Å². The molecular weight excluding hydrogens is 244 g/mol. The van der Waals surface area contributed by atoms with Crippen LogP contribution in [0.2, 0.25) is 5.28 Å². The highest BCUT2D eigenvalue weighted by molar-refractivity contribution is 6.28. The van der Waals surface area contributed by atoms with Crippen molar-refractivity contribution in [3.05, 3.63) is 5.28 Å². The van der Waals surface area contributed by atoms with Gasteiger partial charge in [-0.15, -0.1) is 0 Å². The van der Waals surface area contributed by atoms with Gasteiger partial charge in [0, 0.05) is 20.0 Å². The zero-order valence-corrected chi connectivity index (χ0v) is 10.3. The first-order chi connectivity index (χ1) is 8.11. The van der Waals surface area contributed by atoms with Crippen molar-refractivity contribution < 1.29 is 4.79 Å². The summed E-state index contributed by atoms with van der Waals surface area (Å²) in [5.74, 6) is 0.531. The third kappa shape index (κ3) is 5.30. The maximum Gasteiger partial charge on any atom is 0.228 e. The van der Waals surface area contributed by atoms with Crippen LogP contribution >= 0.6 is 11.6 Å². The molecule has 0 aliphatic rings. The van der Waals surface area contributed by atoms with E-state index in [1.165, 1.54) is 0 Å². The number of anilines is 2. The molecule has 7 nitrogen and oxygen atoms in total. The Morgan fingerprint density at radius 2 is 2.00 bits per heavy atom. The van der Waals surface area contributed by atoms with Crippen LogP contribution in [-0.4, -0.2) is 34.5 Å². The molecule has 0 aromatic carbocycles. The van der Waals surface area contributed by atoms with Crippen molar-refractivity contribution in [2.24, 2.45) is 5.73 Å². The summed E-state index contributed by atoms with van der Waals surface area (Å²) in [6.45, 7) is 0.650. The molecule has 17 heavy (non-hydrogen) atoms. The fraction of sp³-hybridized carbons (Fsp3) is 0.556. The van der Waals surface area contributed by atoms with E-state index in [-0.39, 0.29) is 11.2 Å². The van der Waals surface area contributed by atoms with Gasteiger partial charge in [-0.25, -0.2) is 0 Å². The Morgan fingerprint density at radius 1 is 1.29 bits per heavy atom. The molecule has 94 valence electrons.